The molecule has 0 saturated heterocycles. The molecule has 2 atom stereocenters. The van der Waals surface area contributed by atoms with E-state index in [1.165, 1.54) is 36.4 Å². The predicted octanol–water partition coefficient (Wildman–Crippen LogP) is 9.40. The van der Waals surface area contributed by atoms with E-state index in [2.05, 4.69) is 40.6 Å². The van der Waals surface area contributed by atoms with E-state index in [1.54, 1.807) is 38.1 Å². The Balaban J connectivity index is 0.000000301. The van der Waals surface area contributed by atoms with Crippen LogP contribution in [0, 0.1) is 11.8 Å². The van der Waals surface area contributed by atoms with Crippen molar-refractivity contribution in [2.24, 2.45) is 11.8 Å². The van der Waals surface area contributed by atoms with E-state index < -0.39 is 29.7 Å². The molecule has 82 heavy (non-hydrogen) atoms. The number of hydroxylamine groups is 3. The summed E-state index contributed by atoms with van der Waals surface area (Å²) in [5, 5.41) is 30.6. The van der Waals surface area contributed by atoms with Crippen molar-refractivity contribution in [2.45, 2.75) is 92.3 Å². The molecule has 0 unspecified atom stereocenters. The Bertz CT molecular complexity index is 2960. The summed E-state index contributed by atoms with van der Waals surface area (Å²) < 4.78 is 22.2. The Labute approximate surface area is 476 Å². The van der Waals surface area contributed by atoms with E-state index >= 15 is 0 Å². The highest BCUT2D eigenvalue weighted by atomic mass is 16.7. The number of carboxylic acid groups (broad SMARTS) is 2. The fourth-order valence-corrected chi connectivity index (χ4v) is 8.20. The Morgan fingerprint density at radius 3 is 1.48 bits per heavy atom. The number of carbonyl (C=O) groups is 7. The molecule has 0 aliphatic heterocycles. The van der Waals surface area contributed by atoms with Crippen LogP contribution >= 0.6 is 0 Å². The zero-order valence-electron chi connectivity index (χ0n) is 46.7. The molecule has 21 nitrogen and oxygen atoms in total. The number of hydrogen-bond acceptors (Lipinski definition) is 14. The monoisotopic (exact) mass is 1130 g/mol. The second-order valence-corrected chi connectivity index (χ2v) is 18.7. The van der Waals surface area contributed by atoms with Crippen LogP contribution in [0.4, 0.5) is 0 Å². The standard InChI is InChI=1S/C31H37N3O8.C30H37N3O7/c1-3-5-7-12-23(18-34(21-35)41-19-22-10-8-6-9-11-22)29(36)32-20-33-30(37)28-14-13-27(42-28)24-15-25(31(38)39)17-26(16-24)40-4-2;1-3-5-7-12-22(18-33-39-19-21-10-8-6-9-11-21)28(34)31-20-32-29(35)27-14-13-26(40-27)23-15-24(30(36)37)17-25(16-23)38-4-2/h6,8-11,13-17,21,23H,3-5,7,12,18-20H2,1-2H3,(H,32,36)(H,33,37)(H,38,39);6,8-11,13-17,22,33H,3-5,7,12,18-20H2,1-2H3,(H,31,34)(H,32,35)(H,36,37)/t23-;22-/m11/s1. The third-order valence-electron chi connectivity index (χ3n) is 12.5. The largest absolute Gasteiger partial charge is 0.494 e. The summed E-state index contributed by atoms with van der Waals surface area (Å²) in [6, 6.07) is 34.2. The number of rotatable bonds is 35. The summed E-state index contributed by atoms with van der Waals surface area (Å²) in [7, 11) is 0. The molecule has 2 heterocycles. The maximum Gasteiger partial charge on any atom is 0.335 e. The molecule has 4 aromatic carbocycles. The van der Waals surface area contributed by atoms with E-state index in [-0.39, 0.29) is 72.6 Å². The van der Waals surface area contributed by atoms with Gasteiger partial charge in [-0.25, -0.2) is 20.1 Å². The average molecular weight is 1130 g/mol. The molecule has 0 bridgehead atoms. The van der Waals surface area contributed by atoms with Crippen LogP contribution < -0.4 is 36.2 Å². The van der Waals surface area contributed by atoms with Gasteiger partial charge in [0, 0.05) is 17.7 Å². The number of benzene rings is 4. The first-order chi connectivity index (χ1) is 39.7. The smallest absolute Gasteiger partial charge is 0.335 e. The van der Waals surface area contributed by atoms with Crippen LogP contribution in [0.2, 0.25) is 0 Å². The van der Waals surface area contributed by atoms with Crippen LogP contribution in [-0.4, -0.2) is 96.9 Å². The van der Waals surface area contributed by atoms with Gasteiger partial charge >= 0.3 is 11.9 Å². The highest BCUT2D eigenvalue weighted by Crippen LogP contribution is 2.30. The Hall–Kier alpha value is -8.79. The van der Waals surface area contributed by atoms with Crippen molar-refractivity contribution < 1.29 is 71.8 Å². The number of ether oxygens (including phenoxy) is 2. The lowest BCUT2D eigenvalue weighted by Crippen LogP contribution is -2.43. The summed E-state index contributed by atoms with van der Waals surface area (Å²) in [4.78, 5) is 96.9. The van der Waals surface area contributed by atoms with Crippen LogP contribution in [0.1, 0.15) is 132 Å². The molecule has 6 rings (SSSR count). The first kappa shape index (κ1) is 64.0. The van der Waals surface area contributed by atoms with Gasteiger partial charge in [-0.2, -0.15) is 0 Å². The SMILES string of the molecule is CCCCC[C@H](CN(C=O)OCc1ccccc1)C(=O)NCNC(=O)c1ccc(-c2cc(OCC)cc(C(=O)O)c2)o1.CCCCC[C@H](CNOCc1ccccc1)C(=O)NCNC(=O)c1ccc(-c2cc(OCC)cc(C(=O)O)c2)o1. The van der Waals surface area contributed by atoms with Gasteiger partial charge < -0.3 is 49.8 Å². The topological polar surface area (TPSA) is 287 Å². The molecule has 438 valence electrons. The van der Waals surface area contributed by atoms with Gasteiger partial charge in [-0.15, -0.1) is 0 Å². The van der Waals surface area contributed by atoms with Crippen molar-refractivity contribution in [3.05, 3.63) is 155 Å². The van der Waals surface area contributed by atoms with Crippen molar-refractivity contribution >= 4 is 42.0 Å². The number of nitrogens with zero attached hydrogens (tertiary/aromatic N) is 1. The minimum atomic E-state index is -1.12. The molecule has 0 spiro atoms. The first-order valence-corrected chi connectivity index (χ1v) is 27.4. The predicted molar refractivity (Wildman–Crippen MR) is 304 cm³/mol. The number of hydrogen-bond donors (Lipinski definition) is 7. The lowest BCUT2D eigenvalue weighted by molar-refractivity contribution is -0.182. The fraction of sp³-hybridized carbons (Fsp3) is 0.361. The van der Waals surface area contributed by atoms with Crippen LogP contribution in [-0.2, 0) is 37.3 Å². The summed E-state index contributed by atoms with van der Waals surface area (Å²) in [5.41, 5.74) is 5.78. The molecule has 0 fully saturated rings. The van der Waals surface area contributed by atoms with Crippen molar-refractivity contribution in [3.63, 3.8) is 0 Å². The zero-order valence-corrected chi connectivity index (χ0v) is 46.7. The molecule has 0 saturated carbocycles. The lowest BCUT2D eigenvalue weighted by Gasteiger charge is -2.23. The molecule has 6 aromatic rings. The Morgan fingerprint density at radius 1 is 0.561 bits per heavy atom. The molecule has 0 aliphatic rings. The van der Waals surface area contributed by atoms with E-state index in [0.29, 0.717) is 74.0 Å². The molecular weight excluding hydrogens is 1060 g/mol. The van der Waals surface area contributed by atoms with Gasteiger partial charge in [0.15, 0.2) is 11.5 Å². The quantitative estimate of drug-likeness (QED) is 0.00844. The summed E-state index contributed by atoms with van der Waals surface area (Å²) in [6.07, 6.45) is 7.49. The second kappa shape index (κ2) is 35.1. The average Bonchev–Trinajstić information content (AvgIpc) is 4.32. The lowest BCUT2D eigenvalue weighted by atomic mass is 10.0. The third kappa shape index (κ3) is 21.7. The number of nitrogens with one attached hydrogen (secondary N) is 5. The van der Waals surface area contributed by atoms with Crippen LogP contribution in [0.3, 0.4) is 0 Å². The van der Waals surface area contributed by atoms with Crippen LogP contribution in [0.5, 0.6) is 11.5 Å². The normalized spacial score (nSPS) is 11.5. The number of carbonyl (C=O) groups excluding carboxylic acids is 5. The van der Waals surface area contributed by atoms with Crippen molar-refractivity contribution in [2.75, 3.05) is 39.6 Å². The molecule has 0 aliphatic carbocycles. The maximum atomic E-state index is 13.0. The minimum absolute atomic E-state index is 0.0149. The molecular formula is C61H74N6O15. The molecule has 2 aromatic heterocycles. The van der Waals surface area contributed by atoms with Crippen molar-refractivity contribution in [3.8, 4) is 34.1 Å². The Morgan fingerprint density at radius 2 is 1.02 bits per heavy atom. The maximum absolute atomic E-state index is 13.0. The summed E-state index contributed by atoms with van der Waals surface area (Å²) >= 11 is 0. The van der Waals surface area contributed by atoms with Gasteiger partial charge in [-0.1, -0.05) is 113 Å². The third-order valence-corrected chi connectivity index (χ3v) is 12.5. The molecule has 7 N–H and O–H groups in total. The highest BCUT2D eigenvalue weighted by Gasteiger charge is 2.24. The zero-order chi connectivity index (χ0) is 59.1. The molecule has 0 radical (unpaired) electrons. The van der Waals surface area contributed by atoms with E-state index in [1.807, 2.05) is 60.7 Å². The minimum Gasteiger partial charge on any atom is -0.494 e. The van der Waals surface area contributed by atoms with Gasteiger partial charge in [0.2, 0.25) is 18.2 Å². The number of unbranched alkanes of at least 4 members (excludes halogenated alkanes) is 4. The van der Waals surface area contributed by atoms with Gasteiger partial charge in [0.25, 0.3) is 11.8 Å². The van der Waals surface area contributed by atoms with Crippen molar-refractivity contribution in [1.82, 2.24) is 31.8 Å². The highest BCUT2D eigenvalue weighted by molar-refractivity contribution is 5.94. The number of carboxylic acids is 2. The van der Waals surface area contributed by atoms with E-state index in [0.717, 1.165) is 54.7 Å². The first-order valence-electron chi connectivity index (χ1n) is 27.4. The van der Waals surface area contributed by atoms with Gasteiger partial charge in [0.1, 0.15) is 29.6 Å². The van der Waals surface area contributed by atoms with E-state index in [9.17, 15) is 43.8 Å². The van der Waals surface area contributed by atoms with Gasteiger partial charge in [-0.3, -0.25) is 33.6 Å². The van der Waals surface area contributed by atoms with Crippen molar-refractivity contribution in [1.29, 1.82) is 0 Å². The molecule has 21 heteroatoms. The van der Waals surface area contributed by atoms with Crippen LogP contribution in [0.15, 0.2) is 130 Å². The Kier molecular flexibility index (Phi) is 27.4. The number of furan rings is 2. The number of amides is 5. The second-order valence-electron chi connectivity index (χ2n) is 18.7. The van der Waals surface area contributed by atoms with Crippen LogP contribution in [0.25, 0.3) is 22.6 Å². The van der Waals surface area contributed by atoms with Gasteiger partial charge in [0.05, 0.1) is 62.7 Å². The summed E-state index contributed by atoms with van der Waals surface area (Å²) in [5.74, 6) is -3.32. The number of aromatic carboxylic acids is 2. The fourth-order valence-electron chi connectivity index (χ4n) is 8.20. The summed E-state index contributed by atoms with van der Waals surface area (Å²) in [6.45, 7) is 9.23. The molecule has 5 amide bonds. The van der Waals surface area contributed by atoms with Gasteiger partial charge in [-0.05, 0) is 98.5 Å². The van der Waals surface area contributed by atoms with E-state index in [4.69, 9.17) is 28.0 Å².